The highest BCUT2D eigenvalue weighted by molar-refractivity contribution is 8.00. The fraction of sp³-hybridized carbons (Fsp3) is 0.294. The van der Waals surface area contributed by atoms with Crippen molar-refractivity contribution in [3.8, 4) is 0 Å². The molecule has 2 N–H and O–H groups in total. The van der Waals surface area contributed by atoms with Gasteiger partial charge >= 0.3 is 6.03 Å². The van der Waals surface area contributed by atoms with Crippen LogP contribution in [0.4, 0.5) is 10.5 Å². The lowest BCUT2D eigenvalue weighted by Crippen LogP contribution is -2.39. The van der Waals surface area contributed by atoms with Crippen LogP contribution in [0.5, 0.6) is 0 Å². The lowest BCUT2D eigenvalue weighted by molar-refractivity contribution is -0.119. The lowest BCUT2D eigenvalue weighted by atomic mass is 10.1. The first kappa shape index (κ1) is 18.7. The molecule has 1 heterocycles. The number of anilines is 1. The Labute approximate surface area is 150 Å². The van der Waals surface area contributed by atoms with E-state index in [9.17, 15) is 9.59 Å². The van der Waals surface area contributed by atoms with Crippen LogP contribution in [0.25, 0.3) is 0 Å². The molecule has 2 rings (SSSR count). The second-order valence-corrected chi connectivity index (χ2v) is 6.88. The van der Waals surface area contributed by atoms with E-state index in [0.29, 0.717) is 17.4 Å². The molecule has 132 valence electrons. The van der Waals surface area contributed by atoms with E-state index in [1.807, 2.05) is 32.0 Å². The van der Waals surface area contributed by atoms with E-state index in [0.717, 1.165) is 11.1 Å². The van der Waals surface area contributed by atoms with Crippen molar-refractivity contribution in [3.05, 3.63) is 48.3 Å². The second kappa shape index (κ2) is 8.48. The Morgan fingerprint density at radius 1 is 1.40 bits per heavy atom. The largest absolute Gasteiger partial charge is 0.325 e. The summed E-state index contributed by atoms with van der Waals surface area (Å²) in [5, 5.41) is 12.9. The third kappa shape index (κ3) is 5.18. The summed E-state index contributed by atoms with van der Waals surface area (Å²) >= 11 is 1.23. The number of hydrogen-bond donors (Lipinski definition) is 2. The fourth-order valence-corrected chi connectivity index (χ4v) is 2.97. The predicted octanol–water partition coefficient (Wildman–Crippen LogP) is 2.91. The van der Waals surface area contributed by atoms with Gasteiger partial charge in [0.05, 0.1) is 5.25 Å². The summed E-state index contributed by atoms with van der Waals surface area (Å²) in [5.74, 6) is -0.402. The Morgan fingerprint density at radius 2 is 2.16 bits per heavy atom. The van der Waals surface area contributed by atoms with E-state index >= 15 is 0 Å². The monoisotopic (exact) mass is 359 g/mol. The number of amides is 3. The van der Waals surface area contributed by atoms with Gasteiger partial charge < -0.3 is 9.88 Å². The highest BCUT2D eigenvalue weighted by atomic mass is 32.2. The van der Waals surface area contributed by atoms with Gasteiger partial charge in [0.25, 0.3) is 0 Å². The molecule has 0 bridgehead atoms. The van der Waals surface area contributed by atoms with Gasteiger partial charge in [-0.1, -0.05) is 35.5 Å². The standard InChI is InChI=1S/C17H21N5O2S/c1-5-8-22-10-18-21-17(22)25-13(4)15(23)20-16(24)19-14-7-6-11(2)9-12(14)3/h5-7,9-10,13H,1,8H2,2-4H3,(H2,19,20,23,24). The smallest absolute Gasteiger partial charge is 0.307 e. The van der Waals surface area contributed by atoms with Gasteiger partial charge in [0.2, 0.25) is 5.91 Å². The molecule has 25 heavy (non-hydrogen) atoms. The van der Waals surface area contributed by atoms with Crippen molar-refractivity contribution in [2.75, 3.05) is 5.32 Å². The number of thioether (sulfide) groups is 1. The number of carbonyl (C=O) groups excluding carboxylic acids is 2. The normalized spacial score (nSPS) is 11.6. The summed E-state index contributed by atoms with van der Waals surface area (Å²) in [7, 11) is 0. The molecule has 0 radical (unpaired) electrons. The van der Waals surface area contributed by atoms with Crippen molar-refractivity contribution >= 4 is 29.4 Å². The van der Waals surface area contributed by atoms with E-state index in [1.54, 1.807) is 23.9 Å². The van der Waals surface area contributed by atoms with Gasteiger partial charge in [0.15, 0.2) is 5.16 Å². The third-order valence-corrected chi connectivity index (χ3v) is 4.52. The van der Waals surface area contributed by atoms with Gasteiger partial charge in [-0.15, -0.1) is 16.8 Å². The number of hydrogen-bond acceptors (Lipinski definition) is 5. The molecule has 1 atom stereocenters. The van der Waals surface area contributed by atoms with E-state index in [1.165, 1.54) is 11.8 Å². The number of allylic oxidation sites excluding steroid dienone is 1. The number of benzene rings is 1. The molecule has 1 unspecified atom stereocenters. The second-order valence-electron chi connectivity index (χ2n) is 5.58. The van der Waals surface area contributed by atoms with Crippen molar-refractivity contribution < 1.29 is 9.59 Å². The van der Waals surface area contributed by atoms with Crippen LogP contribution < -0.4 is 10.6 Å². The maximum atomic E-state index is 12.2. The predicted molar refractivity (Wildman–Crippen MR) is 98.6 cm³/mol. The first-order chi connectivity index (χ1) is 11.9. The average Bonchev–Trinajstić information content (AvgIpc) is 2.97. The van der Waals surface area contributed by atoms with E-state index in [2.05, 4.69) is 27.4 Å². The molecule has 1 aromatic heterocycles. The molecule has 1 aromatic carbocycles. The number of nitrogens with zero attached hydrogens (tertiary/aromatic N) is 3. The SMILES string of the molecule is C=CCn1cnnc1SC(C)C(=O)NC(=O)Nc1ccc(C)cc1C. The van der Waals surface area contributed by atoms with E-state index < -0.39 is 17.2 Å². The summed E-state index contributed by atoms with van der Waals surface area (Å²) < 4.78 is 1.77. The minimum atomic E-state index is -0.558. The highest BCUT2D eigenvalue weighted by Crippen LogP contribution is 2.21. The highest BCUT2D eigenvalue weighted by Gasteiger charge is 2.20. The number of rotatable bonds is 6. The van der Waals surface area contributed by atoms with Gasteiger partial charge in [0, 0.05) is 12.2 Å². The molecule has 0 fully saturated rings. The minimum absolute atomic E-state index is 0.402. The van der Waals surface area contributed by atoms with Crippen LogP contribution in [-0.2, 0) is 11.3 Å². The zero-order valence-corrected chi connectivity index (χ0v) is 15.3. The van der Waals surface area contributed by atoms with Gasteiger partial charge in [-0.3, -0.25) is 10.1 Å². The third-order valence-electron chi connectivity index (χ3n) is 3.42. The molecule has 0 saturated carbocycles. The van der Waals surface area contributed by atoms with E-state index in [4.69, 9.17) is 0 Å². The molecular weight excluding hydrogens is 338 g/mol. The number of imide groups is 1. The van der Waals surface area contributed by atoms with Gasteiger partial charge in [0.1, 0.15) is 6.33 Å². The molecule has 0 aliphatic carbocycles. The van der Waals surface area contributed by atoms with Gasteiger partial charge in [-0.05, 0) is 32.4 Å². The van der Waals surface area contributed by atoms with Crippen LogP contribution >= 0.6 is 11.8 Å². The Hall–Kier alpha value is -2.61. The fourth-order valence-electron chi connectivity index (χ4n) is 2.13. The van der Waals surface area contributed by atoms with Crippen LogP contribution in [0.3, 0.4) is 0 Å². The Kier molecular flexibility index (Phi) is 6.35. The first-order valence-corrected chi connectivity index (χ1v) is 8.63. The molecule has 2 aromatic rings. The van der Waals surface area contributed by atoms with Crippen LogP contribution in [0.1, 0.15) is 18.1 Å². The van der Waals surface area contributed by atoms with Crippen LogP contribution in [0.2, 0.25) is 0 Å². The van der Waals surface area contributed by atoms with Gasteiger partial charge in [-0.2, -0.15) is 0 Å². The van der Waals surface area contributed by atoms with Gasteiger partial charge in [-0.25, -0.2) is 4.79 Å². The number of nitrogens with one attached hydrogen (secondary N) is 2. The molecule has 3 amide bonds. The number of aryl methyl sites for hydroxylation is 2. The number of carbonyl (C=O) groups is 2. The summed E-state index contributed by atoms with van der Waals surface area (Å²) in [6.45, 7) is 9.80. The van der Waals surface area contributed by atoms with Crippen LogP contribution in [0, 0.1) is 13.8 Å². The zero-order valence-electron chi connectivity index (χ0n) is 14.4. The minimum Gasteiger partial charge on any atom is -0.307 e. The molecule has 7 nitrogen and oxygen atoms in total. The number of urea groups is 1. The molecule has 0 saturated heterocycles. The van der Waals surface area contributed by atoms with Crippen molar-refractivity contribution in [3.63, 3.8) is 0 Å². The maximum absolute atomic E-state index is 12.2. The Balaban J connectivity index is 1.92. The molecule has 8 heteroatoms. The lowest BCUT2D eigenvalue weighted by Gasteiger charge is -2.13. The molecule has 0 aliphatic rings. The van der Waals surface area contributed by atoms with Crippen molar-refractivity contribution in [1.29, 1.82) is 0 Å². The van der Waals surface area contributed by atoms with Crippen LogP contribution in [0.15, 0.2) is 42.3 Å². The Bertz CT molecular complexity index is 787. The maximum Gasteiger partial charge on any atom is 0.325 e. The summed E-state index contributed by atoms with van der Waals surface area (Å²) in [6, 6.07) is 5.11. The number of aromatic nitrogens is 3. The summed E-state index contributed by atoms with van der Waals surface area (Å²) in [4.78, 5) is 24.2. The Morgan fingerprint density at radius 3 is 2.84 bits per heavy atom. The topological polar surface area (TPSA) is 88.9 Å². The molecule has 0 spiro atoms. The first-order valence-electron chi connectivity index (χ1n) is 7.75. The summed E-state index contributed by atoms with van der Waals surface area (Å²) in [5.41, 5.74) is 2.71. The average molecular weight is 359 g/mol. The van der Waals surface area contributed by atoms with Crippen molar-refractivity contribution in [2.24, 2.45) is 0 Å². The van der Waals surface area contributed by atoms with E-state index in [-0.39, 0.29) is 0 Å². The molecular formula is C17H21N5O2S. The summed E-state index contributed by atoms with van der Waals surface area (Å²) in [6.07, 6.45) is 3.29. The molecule has 0 aliphatic heterocycles. The van der Waals surface area contributed by atoms with Crippen LogP contribution in [-0.4, -0.2) is 32.0 Å². The van der Waals surface area contributed by atoms with Crippen molar-refractivity contribution in [1.82, 2.24) is 20.1 Å². The zero-order chi connectivity index (χ0) is 18.4. The quantitative estimate of drug-likeness (QED) is 0.611. The van der Waals surface area contributed by atoms with Crippen molar-refractivity contribution in [2.45, 2.75) is 37.7 Å².